The largest absolute Gasteiger partial charge is 0.494 e. The average Bonchev–Trinajstić information content (AvgIpc) is 3.27. The highest BCUT2D eigenvalue weighted by Crippen LogP contribution is 2.24. The van der Waals surface area contributed by atoms with Crippen LogP contribution in [0.15, 0.2) is 36.4 Å². The molecule has 0 radical (unpaired) electrons. The Kier molecular flexibility index (Phi) is 6.90. The van der Waals surface area contributed by atoms with E-state index in [-0.39, 0.29) is 5.91 Å². The fraction of sp³-hybridized carbons (Fsp3) is 0.560. The van der Waals surface area contributed by atoms with Gasteiger partial charge in [0.05, 0.1) is 6.61 Å². The van der Waals surface area contributed by atoms with Crippen LogP contribution in [0, 0.1) is 5.92 Å². The van der Waals surface area contributed by atoms with E-state index in [4.69, 9.17) is 4.74 Å². The van der Waals surface area contributed by atoms with Gasteiger partial charge in [-0.1, -0.05) is 12.1 Å². The molecule has 0 aromatic heterocycles. The highest BCUT2D eigenvalue weighted by molar-refractivity contribution is 5.99. The second-order valence-electron chi connectivity index (χ2n) is 9.08. The number of hydrogen-bond donors (Lipinski definition) is 1. The minimum Gasteiger partial charge on any atom is -0.494 e. The van der Waals surface area contributed by atoms with Gasteiger partial charge in [-0.05, 0) is 100 Å². The van der Waals surface area contributed by atoms with E-state index in [1.807, 2.05) is 29.2 Å². The molecule has 162 valence electrons. The lowest BCUT2D eigenvalue weighted by molar-refractivity contribution is 0.0783. The van der Waals surface area contributed by atoms with Crippen LogP contribution < -0.4 is 10.1 Å². The van der Waals surface area contributed by atoms with Crippen LogP contribution in [-0.4, -0.2) is 68.6 Å². The van der Waals surface area contributed by atoms with Crippen LogP contribution in [0.25, 0.3) is 10.8 Å². The van der Waals surface area contributed by atoms with Crippen LogP contribution in [0.4, 0.5) is 0 Å². The normalized spacial score (nSPS) is 22.0. The first kappa shape index (κ1) is 21.1. The summed E-state index contributed by atoms with van der Waals surface area (Å²) in [6.45, 7) is 4.74. The topological polar surface area (TPSA) is 44.8 Å². The molecule has 0 aliphatic carbocycles. The van der Waals surface area contributed by atoms with Crippen LogP contribution >= 0.6 is 0 Å². The van der Waals surface area contributed by atoms with Gasteiger partial charge in [-0.2, -0.15) is 0 Å². The van der Waals surface area contributed by atoms with E-state index < -0.39 is 0 Å². The molecular formula is C25H35N3O2. The third kappa shape index (κ3) is 5.13. The van der Waals surface area contributed by atoms with Gasteiger partial charge in [-0.3, -0.25) is 4.79 Å². The predicted octanol–water partition coefficient (Wildman–Crippen LogP) is 3.77. The van der Waals surface area contributed by atoms with Crippen LogP contribution in [0.1, 0.15) is 42.5 Å². The number of piperidine rings is 1. The number of amides is 1. The summed E-state index contributed by atoms with van der Waals surface area (Å²) in [5, 5.41) is 5.69. The summed E-state index contributed by atoms with van der Waals surface area (Å²) >= 11 is 0. The second kappa shape index (κ2) is 9.80. The first-order chi connectivity index (χ1) is 14.6. The monoisotopic (exact) mass is 409 g/mol. The van der Waals surface area contributed by atoms with Crippen molar-refractivity contribution in [1.82, 2.24) is 15.1 Å². The highest BCUT2D eigenvalue weighted by Gasteiger charge is 2.28. The second-order valence-corrected chi connectivity index (χ2v) is 9.08. The van der Waals surface area contributed by atoms with Gasteiger partial charge in [0, 0.05) is 24.7 Å². The number of carbonyl (C=O) groups excluding carboxylic acids is 1. The molecule has 30 heavy (non-hydrogen) atoms. The molecule has 0 bridgehead atoms. The van der Waals surface area contributed by atoms with E-state index in [9.17, 15) is 4.79 Å². The Morgan fingerprint density at radius 1 is 1.17 bits per heavy atom. The van der Waals surface area contributed by atoms with Crippen molar-refractivity contribution >= 4 is 16.7 Å². The first-order valence-corrected chi connectivity index (χ1v) is 11.4. The molecule has 5 heteroatoms. The Morgan fingerprint density at radius 2 is 2.00 bits per heavy atom. The van der Waals surface area contributed by atoms with Crippen molar-refractivity contribution < 1.29 is 9.53 Å². The van der Waals surface area contributed by atoms with E-state index >= 15 is 0 Å². The lowest BCUT2D eigenvalue weighted by Gasteiger charge is -2.22. The van der Waals surface area contributed by atoms with E-state index in [1.165, 1.54) is 25.8 Å². The minimum atomic E-state index is 0.138. The third-order valence-electron chi connectivity index (χ3n) is 6.66. The van der Waals surface area contributed by atoms with E-state index in [0.29, 0.717) is 6.04 Å². The average molecular weight is 410 g/mol. The van der Waals surface area contributed by atoms with Crippen LogP contribution in [0.5, 0.6) is 5.75 Å². The SMILES string of the molecule is CN(C)C1CCN(C(=O)c2ccc3cc(OCCCC4CCCNC4)ccc3c2)C1. The number of nitrogens with zero attached hydrogens (tertiary/aromatic N) is 2. The number of likely N-dealkylation sites (N-methyl/N-ethyl adjacent to an activating group) is 1. The Balaban J connectivity index is 1.32. The molecule has 2 aromatic rings. The number of benzene rings is 2. The molecule has 5 nitrogen and oxygen atoms in total. The fourth-order valence-electron chi connectivity index (χ4n) is 4.71. The Labute approximate surface area is 180 Å². The maximum atomic E-state index is 12.9. The van der Waals surface area contributed by atoms with Crippen molar-refractivity contribution in [1.29, 1.82) is 0 Å². The summed E-state index contributed by atoms with van der Waals surface area (Å²) in [6.07, 6.45) is 6.02. The number of hydrogen-bond acceptors (Lipinski definition) is 4. The maximum absolute atomic E-state index is 12.9. The quantitative estimate of drug-likeness (QED) is 0.707. The van der Waals surface area contributed by atoms with E-state index in [1.54, 1.807) is 0 Å². The molecule has 2 saturated heterocycles. The molecule has 2 atom stereocenters. The molecule has 2 unspecified atom stereocenters. The zero-order chi connectivity index (χ0) is 20.9. The van der Waals surface area contributed by atoms with Gasteiger partial charge in [0.15, 0.2) is 0 Å². The third-order valence-corrected chi connectivity index (χ3v) is 6.66. The molecule has 0 spiro atoms. The van der Waals surface area contributed by atoms with Gasteiger partial charge < -0.3 is 19.9 Å². The number of rotatable bonds is 7. The van der Waals surface area contributed by atoms with Gasteiger partial charge in [0.25, 0.3) is 5.91 Å². The molecule has 2 aliphatic rings. The van der Waals surface area contributed by atoms with Crippen molar-refractivity contribution in [3.63, 3.8) is 0 Å². The summed E-state index contributed by atoms with van der Waals surface area (Å²) in [7, 11) is 4.17. The van der Waals surface area contributed by atoms with E-state index in [2.05, 4.69) is 36.4 Å². The van der Waals surface area contributed by atoms with Gasteiger partial charge in [-0.15, -0.1) is 0 Å². The lowest BCUT2D eigenvalue weighted by atomic mass is 9.95. The van der Waals surface area contributed by atoms with Crippen molar-refractivity contribution in [3.8, 4) is 5.75 Å². The van der Waals surface area contributed by atoms with Crippen molar-refractivity contribution in [3.05, 3.63) is 42.0 Å². The Morgan fingerprint density at radius 3 is 2.77 bits per heavy atom. The number of likely N-dealkylation sites (tertiary alicyclic amines) is 1. The zero-order valence-electron chi connectivity index (χ0n) is 18.4. The molecule has 1 N–H and O–H groups in total. The van der Waals surface area contributed by atoms with Crippen molar-refractivity contribution in [2.45, 2.75) is 38.1 Å². The van der Waals surface area contributed by atoms with Gasteiger partial charge in [-0.25, -0.2) is 0 Å². The van der Waals surface area contributed by atoms with Gasteiger partial charge in [0.1, 0.15) is 5.75 Å². The van der Waals surface area contributed by atoms with Crippen molar-refractivity contribution in [2.24, 2.45) is 5.92 Å². The molecule has 4 rings (SSSR count). The summed E-state index contributed by atoms with van der Waals surface area (Å²) in [5.74, 6) is 1.86. The maximum Gasteiger partial charge on any atom is 0.253 e. The molecule has 2 aromatic carbocycles. The molecule has 1 amide bonds. The highest BCUT2D eigenvalue weighted by atomic mass is 16.5. The zero-order valence-corrected chi connectivity index (χ0v) is 18.4. The smallest absolute Gasteiger partial charge is 0.253 e. The minimum absolute atomic E-state index is 0.138. The van der Waals surface area contributed by atoms with Crippen LogP contribution in [-0.2, 0) is 0 Å². The Hall–Kier alpha value is -2.11. The van der Waals surface area contributed by atoms with Gasteiger partial charge >= 0.3 is 0 Å². The van der Waals surface area contributed by atoms with Gasteiger partial charge in [0.2, 0.25) is 0 Å². The number of fused-ring (bicyclic) bond motifs is 1. The lowest BCUT2D eigenvalue weighted by Crippen LogP contribution is -2.34. The molecule has 2 fully saturated rings. The molecule has 2 heterocycles. The first-order valence-electron chi connectivity index (χ1n) is 11.4. The van der Waals surface area contributed by atoms with Crippen LogP contribution in [0.2, 0.25) is 0 Å². The fourth-order valence-corrected chi connectivity index (χ4v) is 4.71. The molecule has 2 aliphatic heterocycles. The number of nitrogens with one attached hydrogen (secondary N) is 1. The predicted molar refractivity (Wildman–Crippen MR) is 122 cm³/mol. The Bertz CT molecular complexity index is 861. The standard InChI is InChI=1S/C25H35N3O2/c1-27(2)23-11-13-28(18-23)25(29)22-8-7-21-16-24(10-9-20(21)15-22)30-14-4-6-19-5-3-12-26-17-19/h7-10,15-16,19,23,26H,3-6,11-14,17-18H2,1-2H3. The summed E-state index contributed by atoms with van der Waals surface area (Å²) in [6, 6.07) is 12.7. The summed E-state index contributed by atoms with van der Waals surface area (Å²) in [5.41, 5.74) is 0.775. The number of ether oxygens (including phenoxy) is 1. The summed E-state index contributed by atoms with van der Waals surface area (Å²) in [4.78, 5) is 17.1. The van der Waals surface area contributed by atoms with Crippen LogP contribution in [0.3, 0.4) is 0 Å². The number of carbonyl (C=O) groups is 1. The van der Waals surface area contributed by atoms with Crippen molar-refractivity contribution in [2.75, 3.05) is 46.9 Å². The van der Waals surface area contributed by atoms with E-state index in [0.717, 1.165) is 67.1 Å². The molecular weight excluding hydrogens is 374 g/mol. The molecule has 0 saturated carbocycles. The summed E-state index contributed by atoms with van der Waals surface area (Å²) < 4.78 is 6.00.